The normalized spacial score (nSPS) is 11.5. The van der Waals surface area contributed by atoms with Crippen molar-refractivity contribution in [1.82, 2.24) is 0 Å². The molecule has 0 spiro atoms. The van der Waals surface area contributed by atoms with Gasteiger partial charge in [-0.1, -0.05) is 32.0 Å². The second-order valence-corrected chi connectivity index (χ2v) is 5.22. The Morgan fingerprint density at radius 2 is 1.53 bits per heavy atom. The van der Waals surface area contributed by atoms with Crippen LogP contribution in [0.1, 0.15) is 25.3 Å². The first-order valence-electron chi connectivity index (χ1n) is 6.45. The molecule has 2 N–H and O–H groups in total. The lowest BCUT2D eigenvalue weighted by Crippen LogP contribution is -1.91. The molecule has 3 rings (SSSR count). The summed E-state index contributed by atoms with van der Waals surface area (Å²) in [5.74, 6) is 0.821. The molecule has 0 heterocycles. The third-order valence-electron chi connectivity index (χ3n) is 3.59. The van der Waals surface area contributed by atoms with E-state index in [1.807, 2.05) is 24.3 Å². The van der Waals surface area contributed by atoms with Gasteiger partial charge in [0.25, 0.3) is 0 Å². The van der Waals surface area contributed by atoms with Crippen LogP contribution in [-0.2, 0) is 0 Å². The summed E-state index contributed by atoms with van der Waals surface area (Å²) in [7, 11) is 0. The molecule has 0 unspecified atom stereocenters. The van der Waals surface area contributed by atoms with Crippen LogP contribution in [-0.4, -0.2) is 10.2 Å². The number of fused-ring (bicyclic) bond motifs is 2. The van der Waals surface area contributed by atoms with E-state index in [1.54, 1.807) is 12.1 Å². The quantitative estimate of drug-likeness (QED) is 0.625. The minimum absolute atomic E-state index is 0.229. The van der Waals surface area contributed by atoms with Gasteiger partial charge in [0.2, 0.25) is 0 Å². The van der Waals surface area contributed by atoms with E-state index in [0.29, 0.717) is 5.75 Å². The summed E-state index contributed by atoms with van der Waals surface area (Å²) in [6.07, 6.45) is 0. The van der Waals surface area contributed by atoms with Crippen molar-refractivity contribution >= 4 is 21.5 Å². The van der Waals surface area contributed by atoms with Gasteiger partial charge in [-0.15, -0.1) is 0 Å². The molecule has 0 aliphatic carbocycles. The molecule has 0 saturated heterocycles. The Labute approximate surface area is 111 Å². The van der Waals surface area contributed by atoms with E-state index in [-0.39, 0.29) is 11.7 Å². The van der Waals surface area contributed by atoms with Crippen LogP contribution in [0.2, 0.25) is 0 Å². The molecule has 19 heavy (non-hydrogen) atoms. The number of aromatic hydroxyl groups is 2. The smallest absolute Gasteiger partial charge is 0.123 e. The van der Waals surface area contributed by atoms with Crippen LogP contribution in [0.25, 0.3) is 21.5 Å². The second-order valence-electron chi connectivity index (χ2n) is 5.22. The van der Waals surface area contributed by atoms with E-state index in [1.165, 1.54) is 0 Å². The maximum atomic E-state index is 10.1. The third kappa shape index (κ3) is 1.80. The molecule has 96 valence electrons. The number of rotatable bonds is 1. The van der Waals surface area contributed by atoms with Crippen LogP contribution in [0.4, 0.5) is 0 Å². The molecule has 0 saturated carbocycles. The van der Waals surface area contributed by atoms with Crippen molar-refractivity contribution in [3.8, 4) is 11.5 Å². The van der Waals surface area contributed by atoms with Gasteiger partial charge in [0.1, 0.15) is 11.5 Å². The van der Waals surface area contributed by atoms with E-state index in [4.69, 9.17) is 0 Å². The van der Waals surface area contributed by atoms with Crippen LogP contribution in [0.15, 0.2) is 42.5 Å². The first kappa shape index (κ1) is 11.8. The van der Waals surface area contributed by atoms with Crippen molar-refractivity contribution in [2.45, 2.75) is 19.8 Å². The summed E-state index contributed by atoms with van der Waals surface area (Å²) in [5.41, 5.74) is 0.933. The molecule has 3 aromatic rings. The molecule has 0 bridgehead atoms. The topological polar surface area (TPSA) is 40.5 Å². The third-order valence-corrected chi connectivity index (χ3v) is 3.59. The highest BCUT2D eigenvalue weighted by Gasteiger charge is 2.12. The number of benzene rings is 3. The monoisotopic (exact) mass is 252 g/mol. The van der Waals surface area contributed by atoms with Crippen molar-refractivity contribution in [1.29, 1.82) is 0 Å². The van der Waals surface area contributed by atoms with Gasteiger partial charge in [-0.2, -0.15) is 0 Å². The Hall–Kier alpha value is -2.22. The minimum Gasteiger partial charge on any atom is -0.508 e. The summed E-state index contributed by atoms with van der Waals surface area (Å²) >= 11 is 0. The molecule has 3 aromatic carbocycles. The molecule has 0 fully saturated rings. The number of hydrogen-bond donors (Lipinski definition) is 2. The molecule has 2 heteroatoms. The summed E-state index contributed by atoms with van der Waals surface area (Å²) in [4.78, 5) is 0. The van der Waals surface area contributed by atoms with Gasteiger partial charge in [-0.05, 0) is 46.3 Å². The fourth-order valence-corrected chi connectivity index (χ4v) is 2.70. The molecule has 0 aromatic heterocycles. The second kappa shape index (κ2) is 4.16. The predicted octanol–water partition coefficient (Wildman–Crippen LogP) is 4.53. The highest BCUT2D eigenvalue weighted by molar-refractivity contribution is 6.02. The average Bonchev–Trinajstić information content (AvgIpc) is 2.37. The van der Waals surface area contributed by atoms with Crippen molar-refractivity contribution < 1.29 is 10.2 Å². The van der Waals surface area contributed by atoms with Gasteiger partial charge in [-0.3, -0.25) is 0 Å². The molecule has 0 atom stereocenters. The minimum atomic E-state index is 0.229. The first-order chi connectivity index (χ1) is 9.08. The molecule has 2 nitrogen and oxygen atoms in total. The molecule has 0 amide bonds. The lowest BCUT2D eigenvalue weighted by atomic mass is 9.93. The van der Waals surface area contributed by atoms with Gasteiger partial charge >= 0.3 is 0 Å². The Morgan fingerprint density at radius 3 is 2.26 bits per heavy atom. The van der Waals surface area contributed by atoms with Gasteiger partial charge < -0.3 is 10.2 Å². The lowest BCUT2D eigenvalue weighted by Gasteiger charge is -2.13. The van der Waals surface area contributed by atoms with Gasteiger partial charge in [-0.25, -0.2) is 0 Å². The first-order valence-corrected chi connectivity index (χ1v) is 6.45. The van der Waals surface area contributed by atoms with E-state index >= 15 is 0 Å². The maximum absolute atomic E-state index is 10.1. The largest absolute Gasteiger partial charge is 0.508 e. The predicted molar refractivity (Wildman–Crippen MR) is 78.9 cm³/mol. The van der Waals surface area contributed by atoms with Crippen LogP contribution in [0.3, 0.4) is 0 Å². The highest BCUT2D eigenvalue weighted by Crippen LogP contribution is 2.37. The van der Waals surface area contributed by atoms with Gasteiger partial charge in [0.05, 0.1) is 0 Å². The standard InChI is InChI=1S/C17H16O2/c1-10(2)17-14-9-13-11(4-3-5-15(13)18)8-12(14)6-7-16(17)19/h3-10,18-19H,1-2H3. The summed E-state index contributed by atoms with van der Waals surface area (Å²) in [5, 5.41) is 23.9. The SMILES string of the molecule is CC(C)c1c(O)ccc2cc3cccc(O)c3cc12. The van der Waals surface area contributed by atoms with E-state index in [9.17, 15) is 10.2 Å². The summed E-state index contributed by atoms with van der Waals surface area (Å²) < 4.78 is 0. The van der Waals surface area contributed by atoms with Crippen molar-refractivity contribution in [3.05, 3.63) is 48.0 Å². The summed E-state index contributed by atoms with van der Waals surface area (Å²) in [6, 6.07) is 13.2. The molecular weight excluding hydrogens is 236 g/mol. The van der Waals surface area contributed by atoms with Crippen LogP contribution in [0.5, 0.6) is 11.5 Å². The Bertz CT molecular complexity index is 773. The molecule has 0 aliphatic heterocycles. The fourth-order valence-electron chi connectivity index (χ4n) is 2.70. The Kier molecular flexibility index (Phi) is 2.59. The van der Waals surface area contributed by atoms with E-state index < -0.39 is 0 Å². The molecule has 0 radical (unpaired) electrons. The zero-order valence-corrected chi connectivity index (χ0v) is 11.0. The number of phenols is 2. The van der Waals surface area contributed by atoms with Crippen molar-refractivity contribution in [2.24, 2.45) is 0 Å². The number of phenolic OH excluding ortho intramolecular Hbond substituents is 2. The van der Waals surface area contributed by atoms with Crippen LogP contribution < -0.4 is 0 Å². The summed E-state index contributed by atoms with van der Waals surface area (Å²) in [6.45, 7) is 4.12. The number of hydrogen-bond acceptors (Lipinski definition) is 2. The zero-order valence-electron chi connectivity index (χ0n) is 11.0. The molecular formula is C17H16O2. The fraction of sp³-hybridized carbons (Fsp3) is 0.176. The highest BCUT2D eigenvalue weighted by atomic mass is 16.3. The van der Waals surface area contributed by atoms with Crippen LogP contribution >= 0.6 is 0 Å². The van der Waals surface area contributed by atoms with E-state index in [2.05, 4.69) is 19.9 Å². The maximum Gasteiger partial charge on any atom is 0.123 e. The van der Waals surface area contributed by atoms with Crippen LogP contribution in [0, 0.1) is 0 Å². The Balaban J connectivity index is 2.49. The van der Waals surface area contributed by atoms with Gasteiger partial charge in [0, 0.05) is 10.9 Å². The van der Waals surface area contributed by atoms with E-state index in [0.717, 1.165) is 27.1 Å². The van der Waals surface area contributed by atoms with Crippen molar-refractivity contribution in [3.63, 3.8) is 0 Å². The Morgan fingerprint density at radius 1 is 0.789 bits per heavy atom. The average molecular weight is 252 g/mol. The van der Waals surface area contributed by atoms with Crippen molar-refractivity contribution in [2.75, 3.05) is 0 Å². The lowest BCUT2D eigenvalue weighted by molar-refractivity contribution is 0.466. The molecule has 0 aliphatic rings. The van der Waals surface area contributed by atoms with Gasteiger partial charge in [0.15, 0.2) is 0 Å². The zero-order chi connectivity index (χ0) is 13.6.